The molecule has 0 spiro atoms. The molecule has 0 saturated carbocycles. The zero-order valence-electron chi connectivity index (χ0n) is 18.8. The van der Waals surface area contributed by atoms with Gasteiger partial charge in [-0.1, -0.05) is 42.1 Å². The summed E-state index contributed by atoms with van der Waals surface area (Å²) >= 11 is 2.61. The van der Waals surface area contributed by atoms with Gasteiger partial charge in [0.05, 0.1) is 16.8 Å². The molecular formula is C25H23N3O3S2. The van der Waals surface area contributed by atoms with Crippen molar-refractivity contribution in [3.63, 3.8) is 0 Å². The molecule has 0 radical (unpaired) electrons. The number of hydrogen-bond acceptors (Lipinski definition) is 6. The highest BCUT2D eigenvalue weighted by atomic mass is 32.2. The van der Waals surface area contributed by atoms with Crippen molar-refractivity contribution in [3.8, 4) is 5.69 Å². The van der Waals surface area contributed by atoms with Crippen LogP contribution in [0.4, 0.5) is 0 Å². The third-order valence-electron chi connectivity index (χ3n) is 5.61. The number of rotatable bonds is 5. The number of fused-ring (bicyclic) bond motifs is 1. The van der Waals surface area contributed by atoms with E-state index in [-0.39, 0.29) is 11.3 Å². The Hall–Kier alpha value is -3.23. The molecule has 2 heterocycles. The molecular weight excluding hydrogens is 454 g/mol. The van der Waals surface area contributed by atoms with E-state index < -0.39 is 11.8 Å². The van der Waals surface area contributed by atoms with Crippen molar-refractivity contribution in [1.82, 2.24) is 14.9 Å². The van der Waals surface area contributed by atoms with Crippen LogP contribution in [0.3, 0.4) is 0 Å². The molecule has 0 saturated heterocycles. The van der Waals surface area contributed by atoms with Crippen molar-refractivity contribution in [3.05, 3.63) is 86.0 Å². The van der Waals surface area contributed by atoms with Crippen LogP contribution in [0, 0.1) is 27.7 Å². The van der Waals surface area contributed by atoms with Crippen molar-refractivity contribution >= 4 is 45.1 Å². The van der Waals surface area contributed by atoms with Crippen molar-refractivity contribution in [2.75, 3.05) is 5.75 Å². The Kier molecular flexibility index (Phi) is 6.49. The molecule has 2 aromatic carbocycles. The molecule has 0 unspecified atom stereocenters. The van der Waals surface area contributed by atoms with Gasteiger partial charge >= 0.3 is 0 Å². The number of carbonyl (C=O) groups is 2. The van der Waals surface area contributed by atoms with Gasteiger partial charge < -0.3 is 0 Å². The minimum atomic E-state index is -0.457. The van der Waals surface area contributed by atoms with Gasteiger partial charge in [-0.3, -0.25) is 24.3 Å². The predicted octanol–water partition coefficient (Wildman–Crippen LogP) is 4.73. The summed E-state index contributed by atoms with van der Waals surface area (Å²) in [5.74, 6) is -0.958. The van der Waals surface area contributed by atoms with Crippen LogP contribution in [0.1, 0.15) is 31.9 Å². The van der Waals surface area contributed by atoms with Crippen LogP contribution in [0.5, 0.6) is 0 Å². The van der Waals surface area contributed by atoms with E-state index in [9.17, 15) is 14.4 Å². The topological polar surface area (TPSA) is 81.1 Å². The molecule has 0 aliphatic rings. The van der Waals surface area contributed by atoms with E-state index in [0.29, 0.717) is 20.9 Å². The number of amides is 2. The Morgan fingerprint density at radius 1 is 1.00 bits per heavy atom. The van der Waals surface area contributed by atoms with Crippen molar-refractivity contribution in [1.29, 1.82) is 0 Å². The number of nitrogens with zero attached hydrogens (tertiary/aromatic N) is 2. The summed E-state index contributed by atoms with van der Waals surface area (Å²) in [5, 5.41) is 3.42. The third-order valence-corrected chi connectivity index (χ3v) is 7.65. The van der Waals surface area contributed by atoms with E-state index in [2.05, 4.69) is 5.32 Å². The minimum Gasteiger partial charge on any atom is -0.292 e. The predicted molar refractivity (Wildman–Crippen MR) is 134 cm³/mol. The van der Waals surface area contributed by atoms with Crippen LogP contribution < -0.4 is 10.9 Å². The highest BCUT2D eigenvalue weighted by molar-refractivity contribution is 7.99. The van der Waals surface area contributed by atoms with Gasteiger partial charge in [0.1, 0.15) is 4.83 Å². The summed E-state index contributed by atoms with van der Waals surface area (Å²) in [6, 6.07) is 14.3. The largest absolute Gasteiger partial charge is 0.292 e. The Bertz CT molecular complexity index is 1440. The van der Waals surface area contributed by atoms with Gasteiger partial charge in [0.15, 0.2) is 5.16 Å². The van der Waals surface area contributed by atoms with Gasteiger partial charge in [0.2, 0.25) is 5.91 Å². The number of aryl methyl sites for hydroxylation is 3. The number of thiophene rings is 1. The van der Waals surface area contributed by atoms with Crippen LogP contribution >= 0.6 is 23.1 Å². The lowest BCUT2D eigenvalue weighted by Gasteiger charge is -2.15. The molecule has 2 aromatic heterocycles. The van der Waals surface area contributed by atoms with Crippen molar-refractivity contribution in [2.24, 2.45) is 0 Å². The van der Waals surface area contributed by atoms with Gasteiger partial charge in [0, 0.05) is 10.4 Å². The van der Waals surface area contributed by atoms with E-state index in [1.807, 2.05) is 45.9 Å². The SMILES string of the molecule is Cc1cccc(-n2c(SCC(=O)NC(=O)c3ccccc3)nc3sc(C)c(C)c3c2=O)c1C. The smallest absolute Gasteiger partial charge is 0.267 e. The van der Waals surface area contributed by atoms with Crippen LogP contribution in [0.25, 0.3) is 15.9 Å². The normalized spacial score (nSPS) is 11.0. The van der Waals surface area contributed by atoms with Gasteiger partial charge in [-0.2, -0.15) is 0 Å². The maximum atomic E-state index is 13.6. The highest BCUT2D eigenvalue weighted by Gasteiger charge is 2.20. The standard InChI is InChI=1S/C25H23N3O3S2/c1-14-9-8-12-19(15(14)2)28-24(31)21-16(3)17(4)33-23(21)27-25(28)32-13-20(29)26-22(30)18-10-6-5-7-11-18/h5-12H,13H2,1-4H3,(H,26,29,30). The Morgan fingerprint density at radius 3 is 2.45 bits per heavy atom. The lowest BCUT2D eigenvalue weighted by atomic mass is 10.1. The first-order chi connectivity index (χ1) is 15.8. The molecule has 0 aliphatic heterocycles. The van der Waals surface area contributed by atoms with E-state index in [1.165, 1.54) is 11.3 Å². The zero-order chi connectivity index (χ0) is 23.7. The summed E-state index contributed by atoms with van der Waals surface area (Å²) < 4.78 is 1.58. The van der Waals surface area contributed by atoms with Gasteiger partial charge in [0.25, 0.3) is 11.5 Å². The molecule has 0 bridgehead atoms. The first-order valence-corrected chi connectivity index (χ1v) is 12.2. The van der Waals surface area contributed by atoms with Crippen molar-refractivity contribution < 1.29 is 9.59 Å². The second-order valence-electron chi connectivity index (χ2n) is 7.75. The second-order valence-corrected chi connectivity index (χ2v) is 9.90. The molecule has 8 heteroatoms. The third kappa shape index (κ3) is 4.49. The summed E-state index contributed by atoms with van der Waals surface area (Å²) in [6.45, 7) is 7.86. The molecule has 0 atom stereocenters. The van der Waals surface area contributed by atoms with Crippen LogP contribution in [0.2, 0.25) is 0 Å². The number of carbonyl (C=O) groups excluding carboxylic acids is 2. The van der Waals surface area contributed by atoms with Crippen LogP contribution in [-0.4, -0.2) is 27.1 Å². The zero-order valence-corrected chi connectivity index (χ0v) is 20.4. The fourth-order valence-electron chi connectivity index (χ4n) is 3.52. The fourth-order valence-corrected chi connectivity index (χ4v) is 5.39. The molecule has 33 heavy (non-hydrogen) atoms. The molecule has 0 aliphatic carbocycles. The quantitative estimate of drug-likeness (QED) is 0.332. The first-order valence-electron chi connectivity index (χ1n) is 10.4. The number of aromatic nitrogens is 2. The molecule has 168 valence electrons. The number of nitrogens with one attached hydrogen (secondary N) is 1. The Balaban J connectivity index is 1.71. The van der Waals surface area contributed by atoms with E-state index >= 15 is 0 Å². The molecule has 2 amide bonds. The second kappa shape index (κ2) is 9.33. The highest BCUT2D eigenvalue weighted by Crippen LogP contribution is 2.30. The van der Waals surface area contributed by atoms with E-state index in [4.69, 9.17) is 4.98 Å². The fraction of sp³-hybridized carbons (Fsp3) is 0.200. The molecule has 4 aromatic rings. The van der Waals surface area contributed by atoms with E-state index in [1.54, 1.807) is 34.9 Å². The maximum absolute atomic E-state index is 13.6. The lowest BCUT2D eigenvalue weighted by Crippen LogP contribution is -2.32. The van der Waals surface area contributed by atoms with Crippen LogP contribution in [0.15, 0.2) is 58.5 Å². The van der Waals surface area contributed by atoms with Gasteiger partial charge in [-0.25, -0.2) is 4.98 Å². The maximum Gasteiger partial charge on any atom is 0.267 e. The summed E-state index contributed by atoms with van der Waals surface area (Å²) in [7, 11) is 0. The number of thioether (sulfide) groups is 1. The average molecular weight is 478 g/mol. The molecule has 6 nitrogen and oxygen atoms in total. The summed E-state index contributed by atoms with van der Waals surface area (Å²) in [5.41, 5.74) is 3.94. The minimum absolute atomic E-state index is 0.0509. The Labute approximate surface area is 199 Å². The molecule has 4 rings (SSSR count). The average Bonchev–Trinajstić information content (AvgIpc) is 3.09. The number of hydrogen-bond donors (Lipinski definition) is 1. The number of benzene rings is 2. The monoisotopic (exact) mass is 477 g/mol. The summed E-state index contributed by atoms with van der Waals surface area (Å²) in [4.78, 5) is 44.9. The molecule has 0 fully saturated rings. The van der Waals surface area contributed by atoms with Crippen molar-refractivity contribution in [2.45, 2.75) is 32.9 Å². The lowest BCUT2D eigenvalue weighted by molar-refractivity contribution is -0.117. The summed E-state index contributed by atoms with van der Waals surface area (Å²) in [6.07, 6.45) is 0. The van der Waals surface area contributed by atoms with E-state index in [0.717, 1.165) is 39.0 Å². The van der Waals surface area contributed by atoms with Crippen LogP contribution in [-0.2, 0) is 4.79 Å². The Morgan fingerprint density at radius 2 is 1.73 bits per heavy atom. The number of imide groups is 1. The van der Waals surface area contributed by atoms with Gasteiger partial charge in [-0.05, 0) is 62.6 Å². The van der Waals surface area contributed by atoms with Gasteiger partial charge in [-0.15, -0.1) is 11.3 Å². The molecule has 1 N–H and O–H groups in total. The first kappa shape index (κ1) is 22.9.